The molecule has 0 fully saturated rings. The van der Waals surface area contributed by atoms with Crippen LogP contribution in [0.3, 0.4) is 0 Å². The quantitative estimate of drug-likeness (QED) is 0.944. The van der Waals surface area contributed by atoms with Gasteiger partial charge in [-0.15, -0.1) is 5.10 Å². The number of aryl methyl sites for hydroxylation is 1. The minimum absolute atomic E-state index is 0.114. The molecule has 1 N–H and O–H groups in total. The van der Waals surface area contributed by atoms with Crippen molar-refractivity contribution < 1.29 is 4.79 Å². The predicted octanol–water partition coefficient (Wildman–Crippen LogP) is 3.07. The molecular formula is C15H19N3OS. The van der Waals surface area contributed by atoms with Gasteiger partial charge in [-0.1, -0.05) is 49.5 Å². The Hall–Kier alpha value is -1.75. The Morgan fingerprint density at radius 3 is 2.40 bits per heavy atom. The maximum atomic E-state index is 11.9. The van der Waals surface area contributed by atoms with E-state index < -0.39 is 0 Å². The molecule has 1 aromatic carbocycles. The van der Waals surface area contributed by atoms with Crippen LogP contribution in [0.25, 0.3) is 0 Å². The Kier molecular flexibility index (Phi) is 4.18. The number of hydrogen-bond acceptors (Lipinski definition) is 4. The molecule has 2 aromatic rings. The zero-order chi connectivity index (χ0) is 14.8. The Balaban J connectivity index is 1.98. The van der Waals surface area contributed by atoms with E-state index in [9.17, 15) is 4.79 Å². The number of benzene rings is 1. The molecule has 2 rings (SSSR count). The second-order valence-electron chi connectivity index (χ2n) is 5.82. The summed E-state index contributed by atoms with van der Waals surface area (Å²) in [5.74, 6) is -0.114. The zero-order valence-corrected chi connectivity index (χ0v) is 13.0. The highest BCUT2D eigenvalue weighted by atomic mass is 32.1. The minimum atomic E-state index is -0.114. The Bertz CT molecular complexity index is 596. The van der Waals surface area contributed by atoms with Crippen LogP contribution >= 0.6 is 11.5 Å². The van der Waals surface area contributed by atoms with Gasteiger partial charge in [0.05, 0.1) is 5.69 Å². The molecule has 0 saturated heterocycles. The van der Waals surface area contributed by atoms with E-state index in [1.807, 2.05) is 0 Å². The van der Waals surface area contributed by atoms with Gasteiger partial charge in [-0.05, 0) is 35.0 Å². The topological polar surface area (TPSA) is 54.9 Å². The number of nitrogens with zero attached hydrogens (tertiary/aromatic N) is 2. The van der Waals surface area contributed by atoms with Gasteiger partial charge in [0, 0.05) is 6.54 Å². The van der Waals surface area contributed by atoms with Gasteiger partial charge in [0.15, 0.2) is 0 Å². The summed E-state index contributed by atoms with van der Waals surface area (Å²) in [6.07, 6.45) is 0. The molecule has 1 amide bonds. The summed E-state index contributed by atoms with van der Waals surface area (Å²) >= 11 is 1.13. The predicted molar refractivity (Wildman–Crippen MR) is 81.0 cm³/mol. The lowest BCUT2D eigenvalue weighted by Crippen LogP contribution is -2.22. The van der Waals surface area contributed by atoms with E-state index >= 15 is 0 Å². The van der Waals surface area contributed by atoms with Crippen molar-refractivity contribution in [3.05, 3.63) is 46.0 Å². The molecule has 1 heterocycles. The van der Waals surface area contributed by atoms with Crippen molar-refractivity contribution in [3.8, 4) is 0 Å². The van der Waals surface area contributed by atoms with Gasteiger partial charge in [-0.25, -0.2) is 0 Å². The number of amides is 1. The largest absolute Gasteiger partial charge is 0.347 e. The van der Waals surface area contributed by atoms with Crippen LogP contribution in [-0.2, 0) is 12.0 Å². The highest BCUT2D eigenvalue weighted by Crippen LogP contribution is 2.22. The van der Waals surface area contributed by atoms with Crippen LogP contribution in [0.4, 0.5) is 0 Å². The van der Waals surface area contributed by atoms with Crippen molar-refractivity contribution in [2.75, 3.05) is 0 Å². The number of carbonyl (C=O) groups is 1. The van der Waals surface area contributed by atoms with Crippen LogP contribution in [0, 0.1) is 6.92 Å². The van der Waals surface area contributed by atoms with Crippen molar-refractivity contribution in [1.82, 2.24) is 14.9 Å². The normalized spacial score (nSPS) is 11.4. The monoisotopic (exact) mass is 289 g/mol. The molecular weight excluding hydrogens is 270 g/mol. The van der Waals surface area contributed by atoms with E-state index in [0.717, 1.165) is 17.1 Å². The summed E-state index contributed by atoms with van der Waals surface area (Å²) in [5, 5.41) is 6.73. The molecule has 0 spiro atoms. The summed E-state index contributed by atoms with van der Waals surface area (Å²) in [7, 11) is 0. The van der Waals surface area contributed by atoms with E-state index in [2.05, 4.69) is 59.9 Å². The van der Waals surface area contributed by atoms with E-state index in [1.165, 1.54) is 5.56 Å². The van der Waals surface area contributed by atoms with Gasteiger partial charge in [0.2, 0.25) is 0 Å². The third kappa shape index (κ3) is 3.42. The van der Waals surface area contributed by atoms with Gasteiger partial charge < -0.3 is 5.32 Å². The Morgan fingerprint density at radius 1 is 1.25 bits per heavy atom. The maximum absolute atomic E-state index is 11.9. The first-order valence-corrected chi connectivity index (χ1v) is 7.32. The van der Waals surface area contributed by atoms with Gasteiger partial charge >= 0.3 is 0 Å². The second-order valence-corrected chi connectivity index (χ2v) is 6.57. The SMILES string of the molecule is Cc1nnsc1C(=O)NCc1ccc(C(C)(C)C)cc1. The molecule has 0 radical (unpaired) electrons. The number of nitrogens with one attached hydrogen (secondary N) is 1. The fourth-order valence-electron chi connectivity index (χ4n) is 1.82. The first-order chi connectivity index (χ1) is 9.38. The van der Waals surface area contributed by atoms with Gasteiger partial charge in [-0.3, -0.25) is 4.79 Å². The van der Waals surface area contributed by atoms with Crippen LogP contribution in [-0.4, -0.2) is 15.5 Å². The average molecular weight is 289 g/mol. The second kappa shape index (κ2) is 5.71. The molecule has 0 atom stereocenters. The van der Waals surface area contributed by atoms with E-state index in [-0.39, 0.29) is 11.3 Å². The fourth-order valence-corrected chi connectivity index (χ4v) is 2.40. The zero-order valence-electron chi connectivity index (χ0n) is 12.2. The summed E-state index contributed by atoms with van der Waals surface area (Å²) in [5.41, 5.74) is 3.19. The van der Waals surface area contributed by atoms with Crippen LogP contribution in [0.5, 0.6) is 0 Å². The lowest BCUT2D eigenvalue weighted by atomic mass is 9.87. The van der Waals surface area contributed by atoms with Gasteiger partial charge in [-0.2, -0.15) is 0 Å². The maximum Gasteiger partial charge on any atom is 0.265 e. The molecule has 4 nitrogen and oxygen atoms in total. The summed E-state index contributed by atoms with van der Waals surface area (Å²) in [6.45, 7) is 8.85. The summed E-state index contributed by atoms with van der Waals surface area (Å²) < 4.78 is 3.77. The highest BCUT2D eigenvalue weighted by molar-refractivity contribution is 7.07. The first kappa shape index (κ1) is 14.7. The first-order valence-electron chi connectivity index (χ1n) is 6.54. The van der Waals surface area contributed by atoms with Crippen LogP contribution < -0.4 is 5.32 Å². The number of carbonyl (C=O) groups excluding carboxylic acids is 1. The Labute approximate surface area is 123 Å². The molecule has 0 aliphatic heterocycles. The van der Waals surface area contributed by atoms with Crippen molar-refractivity contribution in [2.24, 2.45) is 0 Å². The van der Waals surface area contributed by atoms with E-state index in [0.29, 0.717) is 17.1 Å². The van der Waals surface area contributed by atoms with Crippen LogP contribution in [0.2, 0.25) is 0 Å². The van der Waals surface area contributed by atoms with Crippen molar-refractivity contribution >= 4 is 17.4 Å². The van der Waals surface area contributed by atoms with Crippen LogP contribution in [0.1, 0.15) is 47.3 Å². The fraction of sp³-hybridized carbons (Fsp3) is 0.400. The number of aromatic nitrogens is 2. The molecule has 0 aliphatic carbocycles. The van der Waals surface area contributed by atoms with Gasteiger partial charge in [0.25, 0.3) is 5.91 Å². The van der Waals surface area contributed by atoms with E-state index in [4.69, 9.17) is 0 Å². The van der Waals surface area contributed by atoms with E-state index in [1.54, 1.807) is 6.92 Å². The van der Waals surface area contributed by atoms with Gasteiger partial charge in [0.1, 0.15) is 4.88 Å². The number of rotatable bonds is 3. The standard InChI is InChI=1S/C15H19N3OS/c1-10-13(20-18-17-10)14(19)16-9-11-5-7-12(8-6-11)15(2,3)4/h5-8H,9H2,1-4H3,(H,16,19). The molecule has 0 bridgehead atoms. The Morgan fingerprint density at radius 2 is 1.90 bits per heavy atom. The average Bonchev–Trinajstić information content (AvgIpc) is 2.82. The summed E-state index contributed by atoms with van der Waals surface area (Å²) in [4.78, 5) is 12.5. The molecule has 5 heteroatoms. The molecule has 0 unspecified atom stereocenters. The number of hydrogen-bond donors (Lipinski definition) is 1. The minimum Gasteiger partial charge on any atom is -0.347 e. The lowest BCUT2D eigenvalue weighted by molar-refractivity contribution is 0.0954. The molecule has 1 aromatic heterocycles. The van der Waals surface area contributed by atoms with Crippen LogP contribution in [0.15, 0.2) is 24.3 Å². The lowest BCUT2D eigenvalue weighted by Gasteiger charge is -2.19. The van der Waals surface area contributed by atoms with Crippen molar-refractivity contribution in [2.45, 2.75) is 39.7 Å². The summed E-state index contributed by atoms with van der Waals surface area (Å²) in [6, 6.07) is 8.33. The third-order valence-electron chi connectivity index (χ3n) is 3.13. The molecule has 0 saturated carbocycles. The molecule has 106 valence electrons. The highest BCUT2D eigenvalue weighted by Gasteiger charge is 2.14. The molecule has 0 aliphatic rings. The van der Waals surface area contributed by atoms with Crippen molar-refractivity contribution in [1.29, 1.82) is 0 Å². The smallest absolute Gasteiger partial charge is 0.265 e. The van der Waals surface area contributed by atoms with Crippen molar-refractivity contribution in [3.63, 3.8) is 0 Å². The molecule has 20 heavy (non-hydrogen) atoms. The third-order valence-corrected chi connectivity index (χ3v) is 3.96.